The standard InChI is InChI=1S/C17H22F2N2O2/c1-2-20(12-4-5-12)10-17(23)21-9-13(22)8-16(21)14-7-11(18)3-6-15(14)19/h3,6-7,12-13,16,22H,2,4-5,8-10H2,1H3. The normalized spacial score (nSPS) is 24.5. The van der Waals surface area contributed by atoms with E-state index in [4.69, 9.17) is 0 Å². The zero-order chi connectivity index (χ0) is 16.6. The number of benzene rings is 1. The molecule has 1 N–H and O–H groups in total. The molecule has 1 saturated carbocycles. The van der Waals surface area contributed by atoms with Crippen LogP contribution in [-0.4, -0.2) is 52.6 Å². The van der Waals surface area contributed by atoms with Gasteiger partial charge in [0, 0.05) is 18.2 Å². The highest BCUT2D eigenvalue weighted by atomic mass is 19.1. The summed E-state index contributed by atoms with van der Waals surface area (Å²) in [7, 11) is 0. The second-order valence-corrected chi connectivity index (χ2v) is 6.41. The minimum absolute atomic E-state index is 0.135. The molecule has 1 aliphatic heterocycles. The summed E-state index contributed by atoms with van der Waals surface area (Å²) in [5.74, 6) is -1.22. The average Bonchev–Trinajstić information content (AvgIpc) is 3.29. The number of β-amino-alcohol motifs (C(OH)–C–C–N with tert-alkyl or cyclic N) is 1. The fourth-order valence-electron chi connectivity index (χ4n) is 3.36. The molecule has 2 atom stereocenters. The number of likely N-dealkylation sites (tertiary alicyclic amines) is 1. The van der Waals surface area contributed by atoms with Crippen LogP contribution in [0.3, 0.4) is 0 Å². The monoisotopic (exact) mass is 324 g/mol. The molecule has 4 nitrogen and oxygen atoms in total. The van der Waals surface area contributed by atoms with E-state index in [-0.39, 0.29) is 31.0 Å². The fourth-order valence-corrected chi connectivity index (χ4v) is 3.36. The number of carbonyl (C=O) groups is 1. The molecule has 1 amide bonds. The number of rotatable bonds is 5. The van der Waals surface area contributed by atoms with Gasteiger partial charge >= 0.3 is 0 Å². The molecular weight excluding hydrogens is 302 g/mol. The van der Waals surface area contributed by atoms with Crippen LogP contribution in [0.1, 0.15) is 37.8 Å². The van der Waals surface area contributed by atoms with Crippen molar-refractivity contribution in [2.24, 2.45) is 0 Å². The van der Waals surface area contributed by atoms with Gasteiger partial charge in [-0.25, -0.2) is 8.78 Å². The summed E-state index contributed by atoms with van der Waals surface area (Å²) in [6, 6.07) is 3.10. The number of nitrogens with zero attached hydrogens (tertiary/aromatic N) is 2. The van der Waals surface area contributed by atoms with Gasteiger partial charge in [0.1, 0.15) is 11.6 Å². The number of aliphatic hydroxyl groups is 1. The minimum Gasteiger partial charge on any atom is -0.391 e. The van der Waals surface area contributed by atoms with Crippen molar-refractivity contribution in [3.05, 3.63) is 35.4 Å². The smallest absolute Gasteiger partial charge is 0.237 e. The molecule has 1 aliphatic carbocycles. The van der Waals surface area contributed by atoms with Crippen LogP contribution in [0, 0.1) is 11.6 Å². The van der Waals surface area contributed by atoms with E-state index in [0.717, 1.165) is 37.6 Å². The van der Waals surface area contributed by atoms with Gasteiger partial charge in [-0.2, -0.15) is 0 Å². The quantitative estimate of drug-likeness (QED) is 0.902. The SMILES string of the molecule is CCN(CC(=O)N1CC(O)CC1c1cc(F)ccc1F)C1CC1. The third kappa shape index (κ3) is 3.53. The molecule has 23 heavy (non-hydrogen) atoms. The van der Waals surface area contributed by atoms with Gasteiger partial charge in [-0.1, -0.05) is 6.92 Å². The minimum atomic E-state index is -0.706. The molecule has 2 fully saturated rings. The number of likely N-dealkylation sites (N-methyl/N-ethyl adjacent to an activating group) is 1. The van der Waals surface area contributed by atoms with E-state index in [1.54, 1.807) is 0 Å². The lowest BCUT2D eigenvalue weighted by atomic mass is 10.0. The summed E-state index contributed by atoms with van der Waals surface area (Å²) in [5.41, 5.74) is 0.143. The van der Waals surface area contributed by atoms with E-state index in [9.17, 15) is 18.7 Å². The molecule has 1 saturated heterocycles. The Balaban J connectivity index is 1.78. The predicted octanol–water partition coefficient (Wildman–Crippen LogP) is 2.08. The Morgan fingerprint density at radius 1 is 1.39 bits per heavy atom. The molecule has 2 unspecified atom stereocenters. The summed E-state index contributed by atoms with van der Waals surface area (Å²) in [4.78, 5) is 16.2. The van der Waals surface area contributed by atoms with Crippen LogP contribution in [0.4, 0.5) is 8.78 Å². The topological polar surface area (TPSA) is 43.8 Å². The molecule has 0 bridgehead atoms. The van der Waals surface area contributed by atoms with E-state index in [1.165, 1.54) is 4.90 Å². The van der Waals surface area contributed by atoms with Crippen molar-refractivity contribution in [1.82, 2.24) is 9.80 Å². The van der Waals surface area contributed by atoms with E-state index < -0.39 is 23.8 Å². The highest BCUT2D eigenvalue weighted by Gasteiger charge is 2.38. The fraction of sp³-hybridized carbons (Fsp3) is 0.588. The predicted molar refractivity (Wildman–Crippen MR) is 81.7 cm³/mol. The van der Waals surface area contributed by atoms with Gasteiger partial charge in [0.25, 0.3) is 0 Å². The summed E-state index contributed by atoms with van der Waals surface area (Å²) in [6.45, 7) is 3.23. The molecule has 0 aromatic heterocycles. The van der Waals surface area contributed by atoms with Gasteiger partial charge in [0.2, 0.25) is 5.91 Å². The Hall–Kier alpha value is -1.53. The van der Waals surface area contributed by atoms with Crippen molar-refractivity contribution >= 4 is 5.91 Å². The summed E-state index contributed by atoms with van der Waals surface area (Å²) in [5, 5.41) is 9.93. The Morgan fingerprint density at radius 2 is 2.13 bits per heavy atom. The lowest BCUT2D eigenvalue weighted by Crippen LogP contribution is -2.41. The highest BCUT2D eigenvalue weighted by molar-refractivity contribution is 5.79. The molecule has 0 spiro atoms. The van der Waals surface area contributed by atoms with Gasteiger partial charge in [-0.3, -0.25) is 9.69 Å². The molecule has 3 rings (SSSR count). The maximum atomic E-state index is 14.1. The van der Waals surface area contributed by atoms with E-state index in [0.29, 0.717) is 6.04 Å². The van der Waals surface area contributed by atoms with E-state index in [1.807, 2.05) is 6.92 Å². The molecule has 1 aromatic rings. The first-order valence-electron chi connectivity index (χ1n) is 8.16. The summed E-state index contributed by atoms with van der Waals surface area (Å²) < 4.78 is 27.5. The van der Waals surface area contributed by atoms with Crippen LogP contribution in [0.5, 0.6) is 0 Å². The van der Waals surface area contributed by atoms with Crippen molar-refractivity contribution in [3.63, 3.8) is 0 Å². The largest absolute Gasteiger partial charge is 0.391 e. The Labute approximate surface area is 134 Å². The molecular formula is C17H22F2N2O2. The van der Waals surface area contributed by atoms with Crippen LogP contribution in [0.25, 0.3) is 0 Å². The lowest BCUT2D eigenvalue weighted by Gasteiger charge is -2.28. The van der Waals surface area contributed by atoms with Gasteiger partial charge in [-0.05, 0) is 44.0 Å². The molecule has 126 valence electrons. The zero-order valence-corrected chi connectivity index (χ0v) is 13.2. The summed E-state index contributed by atoms with van der Waals surface area (Å²) >= 11 is 0. The van der Waals surface area contributed by atoms with Crippen molar-refractivity contribution in [2.75, 3.05) is 19.6 Å². The Morgan fingerprint density at radius 3 is 2.78 bits per heavy atom. The van der Waals surface area contributed by atoms with Gasteiger partial charge in [-0.15, -0.1) is 0 Å². The first-order chi connectivity index (χ1) is 11.0. The number of aliphatic hydroxyl groups excluding tert-OH is 1. The first kappa shape index (κ1) is 16.3. The van der Waals surface area contributed by atoms with Crippen molar-refractivity contribution in [1.29, 1.82) is 0 Å². The number of carbonyl (C=O) groups excluding carboxylic acids is 1. The number of halogens is 2. The van der Waals surface area contributed by atoms with Crippen LogP contribution in [0.15, 0.2) is 18.2 Å². The molecule has 0 radical (unpaired) electrons. The highest BCUT2D eigenvalue weighted by Crippen LogP contribution is 2.35. The Kier molecular flexibility index (Phi) is 4.64. The maximum Gasteiger partial charge on any atom is 0.237 e. The third-order valence-corrected chi connectivity index (χ3v) is 4.72. The van der Waals surface area contributed by atoms with Gasteiger partial charge in [0.05, 0.1) is 18.7 Å². The Bertz CT molecular complexity index is 592. The molecule has 6 heteroatoms. The van der Waals surface area contributed by atoms with E-state index in [2.05, 4.69) is 4.90 Å². The first-order valence-corrected chi connectivity index (χ1v) is 8.16. The van der Waals surface area contributed by atoms with Crippen LogP contribution < -0.4 is 0 Å². The summed E-state index contributed by atoms with van der Waals surface area (Å²) in [6.07, 6.45) is 1.74. The zero-order valence-electron chi connectivity index (χ0n) is 13.2. The van der Waals surface area contributed by atoms with Gasteiger partial charge in [0.15, 0.2) is 0 Å². The second-order valence-electron chi connectivity index (χ2n) is 6.41. The number of amides is 1. The van der Waals surface area contributed by atoms with Crippen LogP contribution >= 0.6 is 0 Å². The van der Waals surface area contributed by atoms with Gasteiger partial charge < -0.3 is 10.0 Å². The maximum absolute atomic E-state index is 14.1. The molecule has 2 aliphatic rings. The molecule has 1 heterocycles. The average molecular weight is 324 g/mol. The van der Waals surface area contributed by atoms with Crippen LogP contribution in [-0.2, 0) is 4.79 Å². The second kappa shape index (κ2) is 6.53. The number of hydrogen-bond donors (Lipinski definition) is 1. The number of hydrogen-bond acceptors (Lipinski definition) is 3. The van der Waals surface area contributed by atoms with Crippen molar-refractivity contribution in [2.45, 2.75) is 44.4 Å². The van der Waals surface area contributed by atoms with E-state index >= 15 is 0 Å². The van der Waals surface area contributed by atoms with Crippen molar-refractivity contribution < 1.29 is 18.7 Å². The lowest BCUT2D eigenvalue weighted by molar-refractivity contribution is -0.133. The van der Waals surface area contributed by atoms with Crippen molar-refractivity contribution in [3.8, 4) is 0 Å². The molecule has 1 aromatic carbocycles. The third-order valence-electron chi connectivity index (χ3n) is 4.72. The van der Waals surface area contributed by atoms with Crippen LogP contribution in [0.2, 0.25) is 0 Å².